The number of ether oxygens (including phenoxy) is 1. The van der Waals surface area contributed by atoms with Gasteiger partial charge < -0.3 is 10.1 Å². The SMILES string of the molecule is [CH2]C1Cc2cccc(Nc3ccc(Cl)cc3)c2O1. The van der Waals surface area contributed by atoms with Crippen LogP contribution in [0.15, 0.2) is 42.5 Å². The number of para-hydroxylation sites is 1. The Balaban J connectivity index is 1.90. The van der Waals surface area contributed by atoms with Crippen LogP contribution in [-0.2, 0) is 6.42 Å². The number of hydrogen-bond donors (Lipinski definition) is 1. The number of halogens is 1. The molecule has 0 fully saturated rings. The molecular weight excluding hydrogens is 246 g/mol. The Morgan fingerprint density at radius 1 is 1.17 bits per heavy atom. The maximum Gasteiger partial charge on any atom is 0.146 e. The number of nitrogens with one attached hydrogen (secondary N) is 1. The predicted octanol–water partition coefficient (Wildman–Crippen LogP) is 4.22. The lowest BCUT2D eigenvalue weighted by Crippen LogP contribution is -2.06. The lowest BCUT2D eigenvalue weighted by atomic mass is 10.1. The fourth-order valence-corrected chi connectivity index (χ4v) is 2.25. The maximum atomic E-state index is 5.87. The molecule has 0 aromatic heterocycles. The zero-order valence-corrected chi connectivity index (χ0v) is 10.6. The Labute approximate surface area is 112 Å². The van der Waals surface area contributed by atoms with Crippen LogP contribution in [-0.4, -0.2) is 6.10 Å². The largest absolute Gasteiger partial charge is 0.488 e. The van der Waals surface area contributed by atoms with Gasteiger partial charge in [-0.1, -0.05) is 23.7 Å². The number of rotatable bonds is 2. The van der Waals surface area contributed by atoms with Crippen molar-refractivity contribution in [3.8, 4) is 5.75 Å². The van der Waals surface area contributed by atoms with Crippen molar-refractivity contribution in [2.24, 2.45) is 0 Å². The van der Waals surface area contributed by atoms with E-state index in [2.05, 4.69) is 18.3 Å². The summed E-state index contributed by atoms with van der Waals surface area (Å²) in [5, 5.41) is 4.07. The molecule has 1 radical (unpaired) electrons. The van der Waals surface area contributed by atoms with Gasteiger partial charge in [0.2, 0.25) is 0 Å². The molecule has 3 heteroatoms. The van der Waals surface area contributed by atoms with Crippen molar-refractivity contribution in [1.82, 2.24) is 0 Å². The molecule has 3 rings (SSSR count). The summed E-state index contributed by atoms with van der Waals surface area (Å²) in [6.45, 7) is 3.94. The van der Waals surface area contributed by atoms with Crippen LogP contribution < -0.4 is 10.1 Å². The lowest BCUT2D eigenvalue weighted by Gasteiger charge is -2.11. The minimum Gasteiger partial charge on any atom is -0.488 e. The molecule has 0 bridgehead atoms. The van der Waals surface area contributed by atoms with E-state index >= 15 is 0 Å². The zero-order valence-electron chi connectivity index (χ0n) is 9.82. The van der Waals surface area contributed by atoms with Gasteiger partial charge in [-0.05, 0) is 42.8 Å². The van der Waals surface area contributed by atoms with Gasteiger partial charge >= 0.3 is 0 Å². The second-order valence-corrected chi connectivity index (χ2v) is 4.81. The van der Waals surface area contributed by atoms with Gasteiger partial charge in [0.1, 0.15) is 11.9 Å². The average molecular weight is 259 g/mol. The Morgan fingerprint density at radius 2 is 1.94 bits per heavy atom. The van der Waals surface area contributed by atoms with E-state index in [1.54, 1.807) is 0 Å². The molecule has 1 heterocycles. The molecule has 1 atom stereocenters. The summed E-state index contributed by atoms with van der Waals surface area (Å²) in [5.41, 5.74) is 3.17. The van der Waals surface area contributed by atoms with Crippen molar-refractivity contribution >= 4 is 23.0 Å². The van der Waals surface area contributed by atoms with Crippen LogP contribution in [0.5, 0.6) is 5.75 Å². The summed E-state index contributed by atoms with van der Waals surface area (Å²) in [4.78, 5) is 0. The highest BCUT2D eigenvalue weighted by molar-refractivity contribution is 6.30. The Bertz CT molecular complexity index is 565. The maximum absolute atomic E-state index is 5.87. The van der Waals surface area contributed by atoms with Gasteiger partial charge in [0, 0.05) is 17.1 Å². The second-order valence-electron chi connectivity index (χ2n) is 4.37. The molecule has 2 aromatic rings. The van der Waals surface area contributed by atoms with Crippen LogP contribution in [0.3, 0.4) is 0 Å². The monoisotopic (exact) mass is 258 g/mol. The summed E-state index contributed by atoms with van der Waals surface area (Å²) >= 11 is 5.87. The van der Waals surface area contributed by atoms with E-state index in [1.165, 1.54) is 5.56 Å². The minimum atomic E-state index is 0.00756. The van der Waals surface area contributed by atoms with Crippen molar-refractivity contribution in [3.63, 3.8) is 0 Å². The molecule has 2 nitrogen and oxygen atoms in total. The van der Waals surface area contributed by atoms with Crippen molar-refractivity contribution in [2.45, 2.75) is 12.5 Å². The molecule has 0 spiro atoms. The first kappa shape index (κ1) is 11.4. The third-order valence-electron chi connectivity index (χ3n) is 2.95. The fraction of sp³-hybridized carbons (Fsp3) is 0.133. The summed E-state index contributed by atoms with van der Waals surface area (Å²) in [6, 6.07) is 13.7. The van der Waals surface area contributed by atoms with E-state index in [0.29, 0.717) is 0 Å². The summed E-state index contributed by atoms with van der Waals surface area (Å²) in [6.07, 6.45) is 0.874. The smallest absolute Gasteiger partial charge is 0.146 e. The topological polar surface area (TPSA) is 21.3 Å². The number of benzene rings is 2. The van der Waals surface area contributed by atoms with Crippen molar-refractivity contribution in [3.05, 3.63) is 60.0 Å². The van der Waals surface area contributed by atoms with E-state index in [4.69, 9.17) is 16.3 Å². The first-order valence-electron chi connectivity index (χ1n) is 5.86. The quantitative estimate of drug-likeness (QED) is 0.871. The highest BCUT2D eigenvalue weighted by atomic mass is 35.5. The first-order chi connectivity index (χ1) is 8.72. The van der Waals surface area contributed by atoms with E-state index in [0.717, 1.165) is 28.6 Å². The molecule has 1 N–H and O–H groups in total. The van der Waals surface area contributed by atoms with E-state index in [1.807, 2.05) is 36.4 Å². The summed E-state index contributed by atoms with van der Waals surface area (Å²) in [5.74, 6) is 0.910. The van der Waals surface area contributed by atoms with Crippen LogP contribution in [0.4, 0.5) is 11.4 Å². The third-order valence-corrected chi connectivity index (χ3v) is 3.20. The molecular formula is C15H13ClNO. The van der Waals surface area contributed by atoms with Crippen molar-refractivity contribution < 1.29 is 4.74 Å². The molecule has 1 unspecified atom stereocenters. The second kappa shape index (κ2) is 4.54. The van der Waals surface area contributed by atoms with Crippen LogP contribution in [0.2, 0.25) is 5.02 Å². The van der Waals surface area contributed by atoms with Gasteiger partial charge in [-0.3, -0.25) is 0 Å². The van der Waals surface area contributed by atoms with Crippen molar-refractivity contribution in [1.29, 1.82) is 0 Å². The van der Waals surface area contributed by atoms with E-state index in [-0.39, 0.29) is 6.10 Å². The van der Waals surface area contributed by atoms with E-state index in [9.17, 15) is 0 Å². The Morgan fingerprint density at radius 3 is 2.72 bits per heavy atom. The molecule has 0 saturated carbocycles. The Kier molecular flexibility index (Phi) is 2.88. The fourth-order valence-electron chi connectivity index (χ4n) is 2.13. The highest BCUT2D eigenvalue weighted by Crippen LogP contribution is 2.37. The van der Waals surface area contributed by atoms with Gasteiger partial charge in [0.15, 0.2) is 0 Å². The zero-order chi connectivity index (χ0) is 12.5. The lowest BCUT2D eigenvalue weighted by molar-refractivity contribution is 0.282. The molecule has 0 saturated heterocycles. The van der Waals surface area contributed by atoms with Gasteiger partial charge in [0.25, 0.3) is 0 Å². The van der Waals surface area contributed by atoms with Gasteiger partial charge in [-0.15, -0.1) is 0 Å². The molecule has 91 valence electrons. The highest BCUT2D eigenvalue weighted by Gasteiger charge is 2.21. The van der Waals surface area contributed by atoms with Crippen LogP contribution >= 0.6 is 11.6 Å². The van der Waals surface area contributed by atoms with Gasteiger partial charge in [-0.25, -0.2) is 0 Å². The Hall–Kier alpha value is -1.67. The van der Waals surface area contributed by atoms with E-state index < -0.39 is 0 Å². The standard InChI is InChI=1S/C15H13ClNO/c1-10-9-11-3-2-4-14(15(11)18-10)17-13-7-5-12(16)6-8-13/h2-8,10,17H,1,9H2. The van der Waals surface area contributed by atoms with Gasteiger partial charge in [-0.2, -0.15) is 0 Å². The number of fused-ring (bicyclic) bond motifs is 1. The minimum absolute atomic E-state index is 0.00756. The summed E-state index contributed by atoms with van der Waals surface area (Å²) in [7, 11) is 0. The van der Waals surface area contributed by atoms with Gasteiger partial charge in [0.05, 0.1) is 5.69 Å². The molecule has 0 amide bonds. The molecule has 1 aliphatic heterocycles. The molecule has 0 aliphatic carbocycles. The van der Waals surface area contributed by atoms with Crippen molar-refractivity contribution in [2.75, 3.05) is 5.32 Å². The molecule has 1 aliphatic rings. The first-order valence-corrected chi connectivity index (χ1v) is 6.24. The predicted molar refractivity (Wildman–Crippen MR) is 74.7 cm³/mol. The number of anilines is 2. The number of hydrogen-bond acceptors (Lipinski definition) is 2. The third kappa shape index (κ3) is 2.16. The van der Waals surface area contributed by atoms with Crippen LogP contribution in [0.1, 0.15) is 5.56 Å². The van der Waals surface area contributed by atoms with Crippen LogP contribution in [0, 0.1) is 6.92 Å². The normalized spacial score (nSPS) is 17.1. The summed E-state index contributed by atoms with van der Waals surface area (Å²) < 4.78 is 5.73. The average Bonchev–Trinajstić information content (AvgIpc) is 2.73. The molecule has 18 heavy (non-hydrogen) atoms. The molecule has 2 aromatic carbocycles. The van der Waals surface area contributed by atoms with Crippen LogP contribution in [0.25, 0.3) is 0 Å².